The second kappa shape index (κ2) is 6.83. The van der Waals surface area contributed by atoms with Gasteiger partial charge in [0.1, 0.15) is 5.75 Å². The number of amides is 2. The van der Waals surface area contributed by atoms with Crippen LogP contribution in [0.3, 0.4) is 0 Å². The summed E-state index contributed by atoms with van der Waals surface area (Å²) in [4.78, 5) is 28.6. The van der Waals surface area contributed by atoms with Gasteiger partial charge in [0, 0.05) is 32.4 Å². The van der Waals surface area contributed by atoms with Crippen molar-refractivity contribution in [2.75, 3.05) is 20.2 Å². The Morgan fingerprint density at radius 1 is 1.21 bits per heavy atom. The van der Waals surface area contributed by atoms with Crippen LogP contribution in [0.25, 0.3) is 0 Å². The number of hydrogen-bond donors (Lipinski definition) is 0. The van der Waals surface area contributed by atoms with Crippen LogP contribution in [0, 0.1) is 0 Å². The fraction of sp³-hybridized carbons (Fsp3) is 0.579. The summed E-state index contributed by atoms with van der Waals surface area (Å²) < 4.78 is 5.25. The molecule has 1 aromatic rings. The van der Waals surface area contributed by atoms with Crippen molar-refractivity contribution in [1.82, 2.24) is 9.80 Å². The average molecular weight is 330 g/mol. The first kappa shape index (κ1) is 16.8. The lowest BCUT2D eigenvalue weighted by Gasteiger charge is -2.41. The summed E-state index contributed by atoms with van der Waals surface area (Å²) >= 11 is 0. The zero-order valence-corrected chi connectivity index (χ0v) is 14.7. The van der Waals surface area contributed by atoms with E-state index >= 15 is 0 Å². The molecule has 2 saturated heterocycles. The van der Waals surface area contributed by atoms with Crippen molar-refractivity contribution in [3.8, 4) is 5.75 Å². The molecule has 0 aliphatic carbocycles. The molecule has 3 atom stereocenters. The van der Waals surface area contributed by atoms with E-state index in [0.29, 0.717) is 13.0 Å². The molecule has 1 aromatic carbocycles. The third-order valence-corrected chi connectivity index (χ3v) is 5.43. The fourth-order valence-corrected chi connectivity index (χ4v) is 4.29. The molecule has 2 heterocycles. The van der Waals surface area contributed by atoms with E-state index in [1.807, 2.05) is 28.9 Å². The summed E-state index contributed by atoms with van der Waals surface area (Å²) in [5.41, 5.74) is 1.17. The van der Waals surface area contributed by atoms with Crippen LogP contribution >= 0.6 is 0 Å². The number of nitrogens with zero attached hydrogens (tertiary/aromatic N) is 2. The monoisotopic (exact) mass is 330 g/mol. The van der Waals surface area contributed by atoms with Gasteiger partial charge >= 0.3 is 0 Å². The quantitative estimate of drug-likeness (QED) is 0.855. The number of likely N-dealkylation sites (tertiary alicyclic amines) is 2. The van der Waals surface area contributed by atoms with E-state index in [-0.39, 0.29) is 29.8 Å². The molecule has 2 amide bonds. The number of fused-ring (bicyclic) bond motifs is 1. The minimum Gasteiger partial charge on any atom is -0.497 e. The van der Waals surface area contributed by atoms with Gasteiger partial charge in [-0.2, -0.15) is 0 Å². The van der Waals surface area contributed by atoms with Crippen LogP contribution in [-0.4, -0.2) is 53.9 Å². The minimum absolute atomic E-state index is 0.0835. The average Bonchev–Trinajstić information content (AvgIpc) is 3.00. The Labute approximate surface area is 143 Å². The zero-order chi connectivity index (χ0) is 17.3. The summed E-state index contributed by atoms with van der Waals surface area (Å²) in [6.45, 7) is 5.02. The van der Waals surface area contributed by atoms with Crippen molar-refractivity contribution in [1.29, 1.82) is 0 Å². The molecule has 2 aliphatic rings. The number of methoxy groups -OCH3 is 1. The molecular formula is C19H26N2O3. The molecule has 2 aliphatic heterocycles. The van der Waals surface area contributed by atoms with E-state index in [9.17, 15) is 9.59 Å². The lowest BCUT2D eigenvalue weighted by atomic mass is 9.86. The van der Waals surface area contributed by atoms with Crippen LogP contribution in [-0.2, 0) is 9.59 Å². The highest BCUT2D eigenvalue weighted by molar-refractivity contribution is 5.78. The lowest BCUT2D eigenvalue weighted by Crippen LogP contribution is -2.53. The molecule has 0 bridgehead atoms. The Kier molecular flexibility index (Phi) is 4.78. The standard InChI is InChI=1S/C19H26N2O3/c1-4-18(23)21-12-16(14-7-9-15(24-3)10-8-14)19-17(21)6-5-11-20(19)13(2)22/h7-10,16-17,19H,4-6,11-12H2,1-3H3/t16-,17-,19-/m1/s1. The van der Waals surface area contributed by atoms with Crippen molar-refractivity contribution >= 4 is 11.8 Å². The number of carbonyl (C=O) groups excluding carboxylic acids is 2. The van der Waals surface area contributed by atoms with E-state index in [1.165, 1.54) is 5.56 Å². The smallest absolute Gasteiger partial charge is 0.222 e. The van der Waals surface area contributed by atoms with Crippen LogP contribution in [0.2, 0.25) is 0 Å². The first-order valence-electron chi connectivity index (χ1n) is 8.77. The number of rotatable bonds is 3. The van der Waals surface area contributed by atoms with Crippen molar-refractivity contribution in [3.63, 3.8) is 0 Å². The summed E-state index contributed by atoms with van der Waals surface area (Å²) in [7, 11) is 1.65. The summed E-state index contributed by atoms with van der Waals surface area (Å²) in [6, 6.07) is 8.26. The maximum Gasteiger partial charge on any atom is 0.222 e. The second-order valence-corrected chi connectivity index (χ2v) is 6.69. The van der Waals surface area contributed by atoms with E-state index in [2.05, 4.69) is 12.1 Å². The van der Waals surface area contributed by atoms with Crippen molar-refractivity contribution in [2.24, 2.45) is 0 Å². The Balaban J connectivity index is 1.96. The van der Waals surface area contributed by atoms with Gasteiger partial charge in [-0.15, -0.1) is 0 Å². The van der Waals surface area contributed by atoms with E-state index in [4.69, 9.17) is 4.74 Å². The highest BCUT2D eigenvalue weighted by Gasteiger charge is 2.49. The number of carbonyl (C=O) groups is 2. The highest BCUT2D eigenvalue weighted by Crippen LogP contribution is 2.40. The van der Waals surface area contributed by atoms with Crippen LogP contribution in [0.15, 0.2) is 24.3 Å². The zero-order valence-electron chi connectivity index (χ0n) is 14.7. The first-order chi connectivity index (χ1) is 11.6. The van der Waals surface area contributed by atoms with Gasteiger partial charge in [-0.25, -0.2) is 0 Å². The Bertz CT molecular complexity index is 614. The van der Waals surface area contributed by atoms with Crippen LogP contribution < -0.4 is 4.74 Å². The van der Waals surface area contributed by atoms with Crippen molar-refractivity contribution < 1.29 is 14.3 Å². The van der Waals surface area contributed by atoms with Gasteiger partial charge in [-0.05, 0) is 30.5 Å². The van der Waals surface area contributed by atoms with Gasteiger partial charge in [-0.1, -0.05) is 19.1 Å². The molecule has 5 nitrogen and oxygen atoms in total. The normalized spacial score (nSPS) is 26.2. The molecule has 2 fully saturated rings. The summed E-state index contributed by atoms with van der Waals surface area (Å²) in [5.74, 6) is 1.28. The number of piperidine rings is 1. The van der Waals surface area contributed by atoms with Crippen molar-refractivity contribution in [2.45, 2.75) is 51.1 Å². The Morgan fingerprint density at radius 2 is 1.92 bits per heavy atom. The maximum atomic E-state index is 12.4. The highest BCUT2D eigenvalue weighted by atomic mass is 16.5. The van der Waals surface area contributed by atoms with Gasteiger partial charge < -0.3 is 14.5 Å². The van der Waals surface area contributed by atoms with Crippen LogP contribution in [0.5, 0.6) is 5.75 Å². The molecule has 130 valence electrons. The molecule has 3 rings (SSSR count). The van der Waals surface area contributed by atoms with Crippen LogP contribution in [0.4, 0.5) is 0 Å². The van der Waals surface area contributed by atoms with Gasteiger partial charge in [0.05, 0.1) is 19.2 Å². The van der Waals surface area contributed by atoms with E-state index < -0.39 is 0 Å². The number of benzene rings is 1. The molecule has 0 spiro atoms. The van der Waals surface area contributed by atoms with Gasteiger partial charge in [0.25, 0.3) is 0 Å². The first-order valence-corrected chi connectivity index (χ1v) is 8.77. The van der Waals surface area contributed by atoms with Gasteiger partial charge in [0.2, 0.25) is 11.8 Å². The molecular weight excluding hydrogens is 304 g/mol. The number of hydrogen-bond acceptors (Lipinski definition) is 3. The maximum absolute atomic E-state index is 12.4. The molecule has 0 unspecified atom stereocenters. The summed E-state index contributed by atoms with van der Waals surface area (Å²) in [5, 5.41) is 0. The fourth-order valence-electron chi connectivity index (χ4n) is 4.29. The van der Waals surface area contributed by atoms with E-state index in [0.717, 1.165) is 25.1 Å². The minimum atomic E-state index is 0.0835. The topological polar surface area (TPSA) is 49.9 Å². The van der Waals surface area contributed by atoms with Gasteiger partial charge in [-0.3, -0.25) is 9.59 Å². The summed E-state index contributed by atoms with van der Waals surface area (Å²) in [6.07, 6.45) is 2.45. The third kappa shape index (κ3) is 2.87. The molecule has 0 saturated carbocycles. The SMILES string of the molecule is CCC(=O)N1C[C@H](c2ccc(OC)cc2)[C@@H]2[C@H]1CCCN2C(C)=O. The predicted octanol–water partition coefficient (Wildman–Crippen LogP) is 2.41. The molecule has 5 heteroatoms. The number of ether oxygens (including phenoxy) is 1. The largest absolute Gasteiger partial charge is 0.497 e. The predicted molar refractivity (Wildman–Crippen MR) is 91.9 cm³/mol. The van der Waals surface area contributed by atoms with Gasteiger partial charge in [0.15, 0.2) is 0 Å². The van der Waals surface area contributed by atoms with E-state index in [1.54, 1.807) is 14.0 Å². The second-order valence-electron chi connectivity index (χ2n) is 6.69. The van der Waals surface area contributed by atoms with Crippen molar-refractivity contribution in [3.05, 3.63) is 29.8 Å². The lowest BCUT2D eigenvalue weighted by molar-refractivity contribution is -0.138. The molecule has 0 aromatic heterocycles. The molecule has 0 N–H and O–H groups in total. The molecule has 24 heavy (non-hydrogen) atoms. The van der Waals surface area contributed by atoms with Crippen LogP contribution in [0.1, 0.15) is 44.6 Å². The Morgan fingerprint density at radius 3 is 2.50 bits per heavy atom. The third-order valence-electron chi connectivity index (χ3n) is 5.43. The Hall–Kier alpha value is -2.04. The molecule has 0 radical (unpaired) electrons.